The number of likely N-dealkylation sites (tertiary alicyclic amines) is 1. The van der Waals surface area contributed by atoms with Gasteiger partial charge in [0.25, 0.3) is 0 Å². The van der Waals surface area contributed by atoms with Crippen LogP contribution >= 0.6 is 11.3 Å². The van der Waals surface area contributed by atoms with Crippen molar-refractivity contribution in [2.45, 2.75) is 38.3 Å². The lowest BCUT2D eigenvalue weighted by atomic mass is 10.1. The predicted octanol–water partition coefficient (Wildman–Crippen LogP) is 2.88. The molecule has 3 heteroatoms. The summed E-state index contributed by atoms with van der Waals surface area (Å²) >= 11 is 1.85. The fourth-order valence-corrected chi connectivity index (χ4v) is 4.12. The Balaban J connectivity index is 1.41. The van der Waals surface area contributed by atoms with Crippen LogP contribution in [-0.2, 0) is 0 Å². The molecule has 2 aliphatic rings. The third-order valence-electron chi connectivity index (χ3n) is 4.34. The van der Waals surface area contributed by atoms with Crippen LogP contribution in [0.3, 0.4) is 0 Å². The summed E-state index contributed by atoms with van der Waals surface area (Å²) in [6, 6.07) is 5.78. The van der Waals surface area contributed by atoms with Gasteiger partial charge in [0.1, 0.15) is 0 Å². The summed E-state index contributed by atoms with van der Waals surface area (Å²) in [7, 11) is 0. The first-order chi connectivity index (χ1) is 8.33. The molecule has 1 aliphatic heterocycles. The molecule has 3 unspecified atom stereocenters. The van der Waals surface area contributed by atoms with Crippen LogP contribution in [0.1, 0.15) is 37.1 Å². The number of piperidine rings is 1. The molecule has 1 saturated carbocycles. The molecule has 1 aliphatic carbocycles. The molecule has 0 aromatic carbocycles. The van der Waals surface area contributed by atoms with Gasteiger partial charge in [0, 0.05) is 36.6 Å². The van der Waals surface area contributed by atoms with E-state index in [0.29, 0.717) is 6.04 Å². The second kappa shape index (κ2) is 5.09. The van der Waals surface area contributed by atoms with E-state index in [1.54, 1.807) is 0 Å². The molecule has 1 saturated heterocycles. The van der Waals surface area contributed by atoms with Crippen molar-refractivity contribution in [3.63, 3.8) is 0 Å². The van der Waals surface area contributed by atoms with Gasteiger partial charge in [-0.2, -0.15) is 0 Å². The molecule has 3 atom stereocenters. The van der Waals surface area contributed by atoms with Crippen LogP contribution in [0.5, 0.6) is 0 Å². The molecule has 0 amide bonds. The van der Waals surface area contributed by atoms with E-state index in [0.717, 1.165) is 18.5 Å². The Morgan fingerprint density at radius 2 is 2.47 bits per heavy atom. The van der Waals surface area contributed by atoms with E-state index in [1.807, 2.05) is 11.3 Å². The minimum absolute atomic E-state index is 0.509. The number of fused-ring (bicyclic) bond motifs is 2. The monoisotopic (exact) mass is 250 g/mol. The third kappa shape index (κ3) is 2.56. The van der Waals surface area contributed by atoms with Crippen LogP contribution in [0.15, 0.2) is 17.5 Å². The molecular formula is C14H22N2S. The lowest BCUT2D eigenvalue weighted by molar-refractivity contribution is 0.212. The maximum Gasteiger partial charge on any atom is 0.0386 e. The van der Waals surface area contributed by atoms with E-state index in [2.05, 4.69) is 34.7 Å². The van der Waals surface area contributed by atoms with Gasteiger partial charge in [-0.15, -0.1) is 11.3 Å². The first kappa shape index (κ1) is 11.7. The summed E-state index contributed by atoms with van der Waals surface area (Å²) in [6.07, 6.45) is 4.41. The normalized spacial score (nSPS) is 29.9. The Kier molecular flexibility index (Phi) is 3.50. The van der Waals surface area contributed by atoms with E-state index in [-0.39, 0.29) is 0 Å². The minimum Gasteiger partial charge on any atom is -0.308 e. The van der Waals surface area contributed by atoms with E-state index in [9.17, 15) is 0 Å². The van der Waals surface area contributed by atoms with Crippen molar-refractivity contribution >= 4 is 11.3 Å². The number of hydrogen-bond acceptors (Lipinski definition) is 3. The molecule has 0 radical (unpaired) electrons. The van der Waals surface area contributed by atoms with Crippen molar-refractivity contribution in [1.82, 2.24) is 10.2 Å². The fraction of sp³-hybridized carbons (Fsp3) is 0.714. The van der Waals surface area contributed by atoms with Crippen LogP contribution in [0.25, 0.3) is 0 Å². The van der Waals surface area contributed by atoms with E-state index >= 15 is 0 Å². The lowest BCUT2D eigenvalue weighted by Crippen LogP contribution is -2.38. The summed E-state index contributed by atoms with van der Waals surface area (Å²) in [5.74, 6) is 1.02. The smallest absolute Gasteiger partial charge is 0.0386 e. The van der Waals surface area contributed by atoms with E-state index < -0.39 is 0 Å². The molecule has 0 spiro atoms. The Hall–Kier alpha value is -0.380. The van der Waals surface area contributed by atoms with Gasteiger partial charge in [-0.1, -0.05) is 6.07 Å². The number of nitrogens with one attached hydrogen (secondary N) is 1. The Morgan fingerprint density at radius 3 is 3.12 bits per heavy atom. The van der Waals surface area contributed by atoms with Gasteiger partial charge in [0.15, 0.2) is 0 Å². The molecule has 2 fully saturated rings. The Morgan fingerprint density at radius 1 is 1.53 bits per heavy atom. The summed E-state index contributed by atoms with van der Waals surface area (Å²) in [6.45, 7) is 5.99. The van der Waals surface area contributed by atoms with E-state index in [4.69, 9.17) is 0 Å². The molecule has 2 bridgehead atoms. The van der Waals surface area contributed by atoms with Crippen molar-refractivity contribution in [2.75, 3.05) is 19.6 Å². The zero-order chi connectivity index (χ0) is 11.7. The largest absolute Gasteiger partial charge is 0.308 e. The van der Waals surface area contributed by atoms with Gasteiger partial charge in [0.2, 0.25) is 0 Å². The quantitative estimate of drug-likeness (QED) is 0.864. The summed E-state index contributed by atoms with van der Waals surface area (Å²) in [4.78, 5) is 4.15. The molecule has 1 aromatic rings. The predicted molar refractivity (Wildman–Crippen MR) is 73.4 cm³/mol. The second-order valence-corrected chi connectivity index (χ2v) is 6.50. The van der Waals surface area contributed by atoms with Gasteiger partial charge in [-0.25, -0.2) is 0 Å². The zero-order valence-electron chi connectivity index (χ0n) is 10.6. The Bertz CT molecular complexity index is 349. The number of nitrogens with zero attached hydrogens (tertiary/aromatic N) is 1. The minimum atomic E-state index is 0.509. The topological polar surface area (TPSA) is 15.3 Å². The third-order valence-corrected chi connectivity index (χ3v) is 5.40. The van der Waals surface area contributed by atoms with Crippen molar-refractivity contribution in [2.24, 2.45) is 5.92 Å². The van der Waals surface area contributed by atoms with Gasteiger partial charge >= 0.3 is 0 Å². The van der Waals surface area contributed by atoms with E-state index in [1.165, 1.54) is 37.2 Å². The molecule has 17 heavy (non-hydrogen) atoms. The summed E-state index contributed by atoms with van der Waals surface area (Å²) in [5.41, 5.74) is 0. The first-order valence-corrected chi connectivity index (χ1v) is 7.71. The molecule has 2 heterocycles. The van der Waals surface area contributed by atoms with Crippen LogP contribution < -0.4 is 5.32 Å². The van der Waals surface area contributed by atoms with Crippen molar-refractivity contribution in [3.8, 4) is 0 Å². The fourth-order valence-electron chi connectivity index (χ4n) is 3.36. The van der Waals surface area contributed by atoms with Crippen LogP contribution in [0, 0.1) is 5.92 Å². The summed E-state index contributed by atoms with van der Waals surface area (Å²) in [5, 5.41) is 5.80. The van der Waals surface area contributed by atoms with Crippen LogP contribution in [0.2, 0.25) is 0 Å². The van der Waals surface area contributed by atoms with Gasteiger partial charge < -0.3 is 5.32 Å². The zero-order valence-corrected chi connectivity index (χ0v) is 11.4. The highest BCUT2D eigenvalue weighted by Gasteiger charge is 2.36. The molecule has 3 rings (SSSR count). The number of thiophene rings is 1. The highest BCUT2D eigenvalue weighted by molar-refractivity contribution is 7.10. The maximum atomic E-state index is 3.64. The number of hydrogen-bond donors (Lipinski definition) is 1. The van der Waals surface area contributed by atoms with Crippen molar-refractivity contribution in [3.05, 3.63) is 22.4 Å². The highest BCUT2D eigenvalue weighted by atomic mass is 32.1. The molecule has 1 aromatic heterocycles. The van der Waals surface area contributed by atoms with Gasteiger partial charge in [0.05, 0.1) is 0 Å². The Labute approximate surface area is 108 Å². The molecule has 1 N–H and O–H groups in total. The van der Waals surface area contributed by atoms with Gasteiger partial charge in [-0.3, -0.25) is 4.90 Å². The maximum absolute atomic E-state index is 3.64. The van der Waals surface area contributed by atoms with Crippen LogP contribution in [-0.4, -0.2) is 30.6 Å². The molecule has 2 nitrogen and oxygen atoms in total. The summed E-state index contributed by atoms with van der Waals surface area (Å²) < 4.78 is 0. The van der Waals surface area contributed by atoms with Crippen molar-refractivity contribution in [1.29, 1.82) is 0 Å². The van der Waals surface area contributed by atoms with Crippen LogP contribution in [0.4, 0.5) is 0 Å². The standard InChI is InChI=1S/C14H22N2S/c1-11(14-3-2-8-17-14)15-6-7-16-10-12-4-5-13(16)9-12/h2-3,8,11-13,15H,4-7,9-10H2,1H3. The van der Waals surface area contributed by atoms with Crippen molar-refractivity contribution < 1.29 is 0 Å². The molecule has 94 valence electrons. The molecular weight excluding hydrogens is 228 g/mol. The van der Waals surface area contributed by atoms with Gasteiger partial charge in [-0.05, 0) is 43.6 Å². The number of rotatable bonds is 5. The first-order valence-electron chi connectivity index (χ1n) is 6.84. The highest BCUT2D eigenvalue weighted by Crippen LogP contribution is 2.36. The lowest BCUT2D eigenvalue weighted by Gasteiger charge is -2.27. The average Bonchev–Trinajstić information content (AvgIpc) is 3.06. The second-order valence-electron chi connectivity index (χ2n) is 5.52. The SMILES string of the molecule is CC(NCCN1CC2CCC1C2)c1cccs1. The average molecular weight is 250 g/mol.